The molecule has 9 aromatic rings. The molecule has 0 spiro atoms. The van der Waals surface area contributed by atoms with Gasteiger partial charge in [0, 0.05) is 66.0 Å². The van der Waals surface area contributed by atoms with Gasteiger partial charge >= 0.3 is 11.4 Å². The van der Waals surface area contributed by atoms with E-state index in [2.05, 4.69) is 20.2 Å². The van der Waals surface area contributed by atoms with Crippen molar-refractivity contribution < 1.29 is 18.4 Å². The second-order valence-electron chi connectivity index (χ2n) is 16.9. The zero-order valence-corrected chi connectivity index (χ0v) is 35.9. The minimum atomic E-state index is -0.830. The van der Waals surface area contributed by atoms with E-state index < -0.39 is 17.3 Å². The third kappa shape index (κ3) is 5.75. The van der Waals surface area contributed by atoms with Gasteiger partial charge in [0.15, 0.2) is 5.82 Å². The van der Waals surface area contributed by atoms with Crippen molar-refractivity contribution in [3.8, 4) is 34.2 Å². The number of aromatic amines is 1. The first-order chi connectivity index (χ1) is 30.9. The maximum atomic E-state index is 15.4. The van der Waals surface area contributed by atoms with E-state index in [9.17, 15) is 9.59 Å². The van der Waals surface area contributed by atoms with Crippen LogP contribution in [0.3, 0.4) is 0 Å². The highest BCUT2D eigenvalue weighted by Gasteiger charge is 2.52. The Morgan fingerprint density at radius 2 is 1.70 bits per heavy atom. The van der Waals surface area contributed by atoms with Crippen LogP contribution in [0.5, 0.6) is 5.88 Å². The van der Waals surface area contributed by atoms with E-state index in [0.29, 0.717) is 77.1 Å². The molecule has 0 radical (unpaired) electrons. The fraction of sp³-hybridized carbons (Fsp3) is 0.255. The summed E-state index contributed by atoms with van der Waals surface area (Å²) in [7, 11) is 3.45. The number of fused-ring (bicyclic) bond motifs is 3. The maximum absolute atomic E-state index is 15.4. The predicted octanol–water partition coefficient (Wildman–Crippen LogP) is 6.76. The molecule has 1 atom stereocenters. The minimum Gasteiger partial charge on any atom is -0.481 e. The lowest BCUT2D eigenvalue weighted by Gasteiger charge is -2.34. The molecule has 3 aromatic carbocycles. The summed E-state index contributed by atoms with van der Waals surface area (Å²) in [6.45, 7) is 7.62. The van der Waals surface area contributed by atoms with Gasteiger partial charge in [-0.2, -0.15) is 10.2 Å². The molecule has 17 heteroatoms. The third-order valence-electron chi connectivity index (χ3n) is 13.1. The smallest absolute Gasteiger partial charge is 0.438 e. The van der Waals surface area contributed by atoms with Gasteiger partial charge in [0.1, 0.15) is 22.9 Å². The molecule has 1 aliphatic carbocycles. The number of H-pyrrole nitrogens is 1. The quantitative estimate of drug-likeness (QED) is 0.174. The summed E-state index contributed by atoms with van der Waals surface area (Å²) in [5.74, 6) is 0.0684. The van der Waals surface area contributed by atoms with Crippen LogP contribution in [0.15, 0.2) is 99.6 Å². The molecular formula is C47H42FN11O5. The van der Waals surface area contributed by atoms with Crippen LogP contribution in [0.25, 0.3) is 50.1 Å². The molecule has 6 aromatic heterocycles. The number of imidazole rings is 1. The molecule has 2 aliphatic rings. The van der Waals surface area contributed by atoms with Gasteiger partial charge in [0.25, 0.3) is 5.91 Å². The molecule has 1 amide bonds. The summed E-state index contributed by atoms with van der Waals surface area (Å²) in [5, 5.41) is 15.3. The Balaban J connectivity index is 1.06. The van der Waals surface area contributed by atoms with Gasteiger partial charge in [0.05, 0.1) is 41.9 Å². The van der Waals surface area contributed by atoms with Crippen molar-refractivity contribution in [3.05, 3.63) is 152 Å². The third-order valence-corrected chi connectivity index (χ3v) is 13.1. The van der Waals surface area contributed by atoms with Crippen molar-refractivity contribution in [2.24, 2.45) is 7.05 Å². The highest BCUT2D eigenvalue weighted by atomic mass is 19.1. The van der Waals surface area contributed by atoms with Crippen LogP contribution in [0.2, 0.25) is 0 Å². The normalized spacial score (nSPS) is 15.6. The Labute approximate surface area is 363 Å². The molecule has 1 fully saturated rings. The molecule has 11 rings (SSSR count). The van der Waals surface area contributed by atoms with E-state index >= 15 is 9.18 Å². The summed E-state index contributed by atoms with van der Waals surface area (Å²) in [5.41, 5.74) is 7.17. The molecule has 7 heterocycles. The number of amides is 1. The topological polar surface area (TPSA) is 169 Å². The van der Waals surface area contributed by atoms with Crippen LogP contribution in [0.1, 0.15) is 70.1 Å². The number of pyridine rings is 1. The number of nitrogens with one attached hydrogen (secondary N) is 1. The Hall–Kier alpha value is -7.82. The van der Waals surface area contributed by atoms with Gasteiger partial charge in [0.2, 0.25) is 5.88 Å². The van der Waals surface area contributed by atoms with Gasteiger partial charge in [-0.15, -0.1) is 0 Å². The fourth-order valence-electron chi connectivity index (χ4n) is 9.72. The van der Waals surface area contributed by atoms with E-state index in [1.807, 2.05) is 78.9 Å². The van der Waals surface area contributed by atoms with Gasteiger partial charge < -0.3 is 14.2 Å². The van der Waals surface area contributed by atoms with Crippen LogP contribution in [0, 0.1) is 26.6 Å². The van der Waals surface area contributed by atoms with Crippen molar-refractivity contribution in [1.29, 1.82) is 0 Å². The Bertz CT molecular complexity index is 3500. The average molecular weight is 860 g/mol. The first-order valence-corrected chi connectivity index (χ1v) is 21.0. The van der Waals surface area contributed by atoms with Crippen LogP contribution in [-0.2, 0) is 19.0 Å². The molecule has 16 nitrogen and oxygen atoms in total. The summed E-state index contributed by atoms with van der Waals surface area (Å²) in [4.78, 5) is 51.4. The van der Waals surface area contributed by atoms with E-state index in [1.165, 1.54) is 0 Å². The number of benzene rings is 3. The number of carbonyl (C=O) groups is 1. The van der Waals surface area contributed by atoms with Gasteiger partial charge in [-0.05, 0) is 117 Å². The number of methoxy groups -OCH3 is 1. The second kappa shape index (κ2) is 14.1. The monoisotopic (exact) mass is 859 g/mol. The first kappa shape index (κ1) is 39.1. The van der Waals surface area contributed by atoms with Gasteiger partial charge in [-0.3, -0.25) is 28.1 Å². The molecular weight excluding hydrogens is 818 g/mol. The Morgan fingerprint density at radius 3 is 2.44 bits per heavy atom. The lowest BCUT2D eigenvalue weighted by Crippen LogP contribution is -2.41. The SMILES string of the molecule is COc1nccc(-c2ccc3c(c2)cc(C(=O)N2CCc4nn(-c5cc(C)c(F)c(C)c5)c(-n5ccn(-c6ccc7c(cnn7C)c6)c5=O)c4[C@@H]2C)n3C2(c3noc(=O)[nH]3)CC2)c1C. The molecule has 0 bridgehead atoms. The van der Waals surface area contributed by atoms with Gasteiger partial charge in [-0.1, -0.05) is 11.2 Å². The second-order valence-corrected chi connectivity index (χ2v) is 16.9. The Kier molecular flexibility index (Phi) is 8.60. The fourth-order valence-corrected chi connectivity index (χ4v) is 9.72. The standard InChI is InChI=1S/C47H42FN11O5/c1-25-19-33(20-26(2)40(25)48)59-42(57-18-17-56(46(57)62)32-8-10-36-31(22-32)24-50-54(36)5)39-28(4)55(16-12-35(39)52-59)43(60)38-23-30-21-29(34-11-15-49-41(63-6)27(34)3)7-9-37(30)58(38)47(13-14-47)44-51-45(61)64-53-44/h7-11,15,17-24,28H,12-14,16H2,1-6H3,(H,51,53,61)/t28-/m0/s1. The number of rotatable bonds is 8. The van der Waals surface area contributed by atoms with E-state index in [1.54, 1.807) is 76.4 Å². The summed E-state index contributed by atoms with van der Waals surface area (Å²) in [6, 6.07) is 18.4. The number of carbonyl (C=O) groups excluding carboxylic acids is 1. The highest BCUT2D eigenvalue weighted by Crippen LogP contribution is 2.51. The van der Waals surface area contributed by atoms with Crippen molar-refractivity contribution in [2.45, 2.75) is 58.5 Å². The number of nitrogens with zero attached hydrogens (tertiary/aromatic N) is 10. The van der Waals surface area contributed by atoms with Crippen LogP contribution in [-0.4, -0.2) is 72.8 Å². The summed E-state index contributed by atoms with van der Waals surface area (Å²) in [6.07, 6.45) is 8.48. The molecule has 1 aliphatic heterocycles. The number of hydrogen-bond acceptors (Lipinski definition) is 9. The molecule has 64 heavy (non-hydrogen) atoms. The molecule has 0 saturated heterocycles. The molecule has 322 valence electrons. The average Bonchev–Trinajstić information content (AvgIpc) is 3.74. The maximum Gasteiger partial charge on any atom is 0.438 e. The van der Waals surface area contributed by atoms with Gasteiger partial charge in [-0.25, -0.2) is 23.6 Å². The lowest BCUT2D eigenvalue weighted by atomic mass is 9.98. The van der Waals surface area contributed by atoms with E-state index in [4.69, 9.17) is 14.4 Å². The summed E-state index contributed by atoms with van der Waals surface area (Å²) < 4.78 is 34.2. The number of hydrogen-bond donors (Lipinski definition) is 1. The van der Waals surface area contributed by atoms with Crippen molar-refractivity contribution in [2.75, 3.05) is 13.7 Å². The van der Waals surface area contributed by atoms with Crippen molar-refractivity contribution in [1.82, 2.24) is 53.3 Å². The van der Waals surface area contributed by atoms with Crippen molar-refractivity contribution in [3.63, 3.8) is 0 Å². The van der Waals surface area contributed by atoms with Crippen molar-refractivity contribution >= 4 is 27.7 Å². The minimum absolute atomic E-state index is 0.253. The Morgan fingerprint density at radius 1 is 0.938 bits per heavy atom. The zero-order valence-electron chi connectivity index (χ0n) is 35.9. The predicted molar refractivity (Wildman–Crippen MR) is 235 cm³/mol. The van der Waals surface area contributed by atoms with Crippen LogP contribution in [0.4, 0.5) is 4.39 Å². The first-order valence-electron chi connectivity index (χ1n) is 21.0. The number of aromatic nitrogens is 10. The van der Waals surface area contributed by atoms with Crippen LogP contribution >= 0.6 is 0 Å². The number of ether oxygens (including phenoxy) is 1. The molecule has 1 saturated carbocycles. The van der Waals surface area contributed by atoms with E-state index in [0.717, 1.165) is 44.2 Å². The number of aryl methyl sites for hydroxylation is 3. The van der Waals surface area contributed by atoms with E-state index in [-0.39, 0.29) is 17.4 Å². The molecule has 0 unspecified atom stereocenters. The number of halogens is 1. The largest absolute Gasteiger partial charge is 0.481 e. The molecule has 1 N–H and O–H groups in total. The zero-order chi connectivity index (χ0) is 44.3. The summed E-state index contributed by atoms with van der Waals surface area (Å²) >= 11 is 0. The highest BCUT2D eigenvalue weighted by molar-refractivity contribution is 6.00. The lowest BCUT2D eigenvalue weighted by molar-refractivity contribution is 0.0664. The van der Waals surface area contributed by atoms with Crippen LogP contribution < -0.4 is 16.2 Å².